The number of para-hydroxylation sites is 2. The summed E-state index contributed by atoms with van der Waals surface area (Å²) in [6.45, 7) is 8.49. The minimum absolute atomic E-state index is 0.0224. The number of aryl methyl sites for hydroxylation is 1. The molecule has 0 atom stereocenters. The number of aromatic nitrogens is 1. The second-order valence-corrected chi connectivity index (χ2v) is 10.4. The van der Waals surface area contributed by atoms with Crippen molar-refractivity contribution in [2.75, 3.05) is 36.8 Å². The van der Waals surface area contributed by atoms with Gasteiger partial charge >= 0.3 is 0 Å². The molecule has 0 bridgehead atoms. The van der Waals surface area contributed by atoms with E-state index >= 15 is 0 Å². The lowest BCUT2D eigenvalue weighted by Gasteiger charge is -2.25. The Morgan fingerprint density at radius 2 is 1.58 bits per heavy atom. The number of nitrogens with two attached hydrogens (primary N) is 1. The van der Waals surface area contributed by atoms with E-state index in [9.17, 15) is 4.79 Å². The molecule has 1 aromatic heterocycles. The molecular formula is C30H35Cl2N5O. The molecule has 0 aliphatic carbocycles. The summed E-state index contributed by atoms with van der Waals surface area (Å²) in [5.41, 5.74) is 12.1. The average molecular weight is 553 g/mol. The first kappa shape index (κ1) is 28.1. The topological polar surface area (TPSA) is 74.5 Å². The molecule has 0 aliphatic rings. The summed E-state index contributed by atoms with van der Waals surface area (Å²) >= 11 is 11.9. The van der Waals surface area contributed by atoms with Gasteiger partial charge in [0.2, 0.25) is 0 Å². The van der Waals surface area contributed by atoms with Crippen molar-refractivity contribution in [2.45, 2.75) is 33.4 Å². The summed E-state index contributed by atoms with van der Waals surface area (Å²) in [5, 5.41) is 5.52. The Labute approximate surface area is 234 Å². The van der Waals surface area contributed by atoms with E-state index in [1.807, 2.05) is 51.1 Å². The number of carbonyl (C=O) groups excluding carboxylic acids is 1. The van der Waals surface area contributed by atoms with Crippen molar-refractivity contribution < 1.29 is 4.79 Å². The number of alkyl halides is 2. The van der Waals surface area contributed by atoms with E-state index in [0.717, 1.165) is 52.9 Å². The Bertz CT molecular complexity index is 1400. The van der Waals surface area contributed by atoms with E-state index in [1.165, 1.54) is 5.56 Å². The van der Waals surface area contributed by atoms with Crippen molar-refractivity contribution in [1.29, 1.82) is 0 Å². The van der Waals surface area contributed by atoms with E-state index in [4.69, 9.17) is 33.9 Å². The largest absolute Gasteiger partial charge is 0.354 e. The highest BCUT2D eigenvalue weighted by molar-refractivity contribution is 6.18. The van der Waals surface area contributed by atoms with Crippen LogP contribution in [0.5, 0.6) is 0 Å². The van der Waals surface area contributed by atoms with Gasteiger partial charge in [0, 0.05) is 53.9 Å². The van der Waals surface area contributed by atoms with Gasteiger partial charge in [0.25, 0.3) is 5.91 Å². The van der Waals surface area contributed by atoms with E-state index in [2.05, 4.69) is 40.5 Å². The standard InChI is InChI=1S/C30H35Cl2N5O/c1-20(2)37(19-33)30(38)26-9-5-8-25-28(24-7-4-6-21(3)27(24)35-29(25)26)34-23-12-10-22(11-13-23)18-36(16-14-31)17-15-32/h4-13,20H,14-19,33H2,1-3H3,(H,34,35). The number of anilines is 2. The normalized spacial score (nSPS) is 11.6. The van der Waals surface area contributed by atoms with Crippen LogP contribution in [0.1, 0.15) is 35.3 Å². The Balaban J connectivity index is 1.77. The monoisotopic (exact) mass is 551 g/mol. The summed E-state index contributed by atoms with van der Waals surface area (Å²) in [4.78, 5) is 22.4. The van der Waals surface area contributed by atoms with Gasteiger partial charge in [-0.1, -0.05) is 42.5 Å². The van der Waals surface area contributed by atoms with Crippen molar-refractivity contribution in [1.82, 2.24) is 14.8 Å². The zero-order valence-corrected chi connectivity index (χ0v) is 23.7. The molecule has 1 amide bonds. The van der Waals surface area contributed by atoms with Gasteiger partial charge in [-0.15, -0.1) is 23.2 Å². The molecule has 0 unspecified atom stereocenters. The fraction of sp³-hybridized carbons (Fsp3) is 0.333. The van der Waals surface area contributed by atoms with Crippen molar-refractivity contribution in [3.05, 3.63) is 77.4 Å². The Kier molecular flexibility index (Phi) is 9.44. The van der Waals surface area contributed by atoms with Gasteiger partial charge < -0.3 is 16.0 Å². The van der Waals surface area contributed by atoms with Gasteiger partial charge in [0.1, 0.15) is 0 Å². The van der Waals surface area contributed by atoms with E-state index < -0.39 is 0 Å². The maximum atomic E-state index is 13.5. The molecular weight excluding hydrogens is 517 g/mol. The summed E-state index contributed by atoms with van der Waals surface area (Å²) in [6.07, 6.45) is 0. The molecule has 0 fully saturated rings. The van der Waals surface area contributed by atoms with E-state index in [1.54, 1.807) is 4.90 Å². The van der Waals surface area contributed by atoms with Gasteiger partial charge in [0.05, 0.1) is 29.0 Å². The molecule has 38 heavy (non-hydrogen) atoms. The fourth-order valence-electron chi connectivity index (χ4n) is 4.73. The highest BCUT2D eigenvalue weighted by atomic mass is 35.5. The number of benzene rings is 3. The number of halogens is 2. The van der Waals surface area contributed by atoms with Crippen LogP contribution in [-0.4, -0.2) is 58.3 Å². The first-order valence-electron chi connectivity index (χ1n) is 12.9. The number of hydrogen-bond acceptors (Lipinski definition) is 5. The smallest absolute Gasteiger partial charge is 0.257 e. The quantitative estimate of drug-likeness (QED) is 0.127. The van der Waals surface area contributed by atoms with Crippen LogP contribution in [0.4, 0.5) is 11.4 Å². The SMILES string of the molecule is Cc1cccc2c(Nc3ccc(CN(CCCl)CCCl)cc3)c3cccc(C(=O)N(CN)C(C)C)c3nc12. The summed E-state index contributed by atoms with van der Waals surface area (Å²) < 4.78 is 0. The molecule has 3 N–H and O–H groups in total. The number of hydrogen-bond donors (Lipinski definition) is 2. The maximum absolute atomic E-state index is 13.5. The average Bonchev–Trinajstić information content (AvgIpc) is 2.90. The highest BCUT2D eigenvalue weighted by Gasteiger charge is 2.22. The predicted octanol–water partition coefficient (Wildman–Crippen LogP) is 6.49. The first-order chi connectivity index (χ1) is 18.4. The van der Waals surface area contributed by atoms with Crippen LogP contribution in [0.2, 0.25) is 0 Å². The van der Waals surface area contributed by atoms with Crippen LogP contribution in [0.25, 0.3) is 21.8 Å². The summed E-state index contributed by atoms with van der Waals surface area (Å²) in [5.74, 6) is 1.02. The molecule has 4 rings (SSSR count). The molecule has 3 aromatic carbocycles. The minimum Gasteiger partial charge on any atom is -0.354 e. The first-order valence-corrected chi connectivity index (χ1v) is 14.0. The van der Waals surface area contributed by atoms with E-state index in [-0.39, 0.29) is 18.6 Å². The van der Waals surface area contributed by atoms with Crippen LogP contribution in [0, 0.1) is 6.92 Å². The number of nitrogens with zero attached hydrogens (tertiary/aromatic N) is 3. The second-order valence-electron chi connectivity index (χ2n) is 9.69. The number of pyridine rings is 1. The second kappa shape index (κ2) is 12.8. The van der Waals surface area contributed by atoms with Crippen molar-refractivity contribution >= 4 is 62.3 Å². The lowest BCUT2D eigenvalue weighted by molar-refractivity contribution is 0.0713. The maximum Gasteiger partial charge on any atom is 0.257 e. The number of fused-ring (bicyclic) bond motifs is 2. The molecule has 200 valence electrons. The van der Waals surface area contributed by atoms with Crippen LogP contribution in [0.3, 0.4) is 0 Å². The third kappa shape index (κ3) is 6.05. The third-order valence-corrected chi connectivity index (χ3v) is 7.12. The van der Waals surface area contributed by atoms with Gasteiger partial charge in [-0.25, -0.2) is 4.98 Å². The van der Waals surface area contributed by atoms with Gasteiger partial charge in [-0.2, -0.15) is 0 Å². The number of amides is 1. The molecule has 0 saturated heterocycles. The molecule has 0 radical (unpaired) electrons. The Morgan fingerprint density at radius 1 is 0.947 bits per heavy atom. The van der Waals surface area contributed by atoms with Crippen LogP contribution >= 0.6 is 23.2 Å². The van der Waals surface area contributed by atoms with Crippen LogP contribution in [0.15, 0.2) is 60.7 Å². The molecule has 0 saturated carbocycles. The minimum atomic E-state index is -0.123. The molecule has 1 heterocycles. The van der Waals surface area contributed by atoms with Crippen LogP contribution in [-0.2, 0) is 6.54 Å². The van der Waals surface area contributed by atoms with Crippen LogP contribution < -0.4 is 11.1 Å². The van der Waals surface area contributed by atoms with Crippen molar-refractivity contribution in [3.8, 4) is 0 Å². The number of carbonyl (C=O) groups is 1. The van der Waals surface area contributed by atoms with Gasteiger partial charge in [-0.05, 0) is 50.1 Å². The Morgan fingerprint density at radius 3 is 2.18 bits per heavy atom. The van der Waals surface area contributed by atoms with Crippen molar-refractivity contribution in [3.63, 3.8) is 0 Å². The lowest BCUT2D eigenvalue weighted by atomic mass is 10.0. The summed E-state index contributed by atoms with van der Waals surface area (Å²) in [7, 11) is 0. The Hall–Kier alpha value is -2.90. The zero-order chi connectivity index (χ0) is 27.2. The third-order valence-electron chi connectivity index (χ3n) is 6.78. The zero-order valence-electron chi connectivity index (χ0n) is 22.2. The van der Waals surface area contributed by atoms with E-state index in [0.29, 0.717) is 22.8 Å². The summed E-state index contributed by atoms with van der Waals surface area (Å²) in [6, 6.07) is 20.3. The van der Waals surface area contributed by atoms with Crippen molar-refractivity contribution in [2.24, 2.45) is 5.73 Å². The molecule has 8 heteroatoms. The highest BCUT2D eigenvalue weighted by Crippen LogP contribution is 2.36. The molecule has 0 aliphatic heterocycles. The van der Waals surface area contributed by atoms with Gasteiger partial charge in [0.15, 0.2) is 0 Å². The number of nitrogens with one attached hydrogen (secondary N) is 1. The lowest BCUT2D eigenvalue weighted by Crippen LogP contribution is -2.41. The number of rotatable bonds is 11. The fourth-order valence-corrected chi connectivity index (χ4v) is 5.20. The molecule has 0 spiro atoms. The molecule has 4 aromatic rings. The predicted molar refractivity (Wildman–Crippen MR) is 161 cm³/mol. The molecule has 6 nitrogen and oxygen atoms in total. The van der Waals surface area contributed by atoms with Gasteiger partial charge in [-0.3, -0.25) is 9.69 Å².